The van der Waals surface area contributed by atoms with Crippen LogP contribution in [0.25, 0.3) is 0 Å². The minimum atomic E-state index is -0.724. The quantitative estimate of drug-likeness (QED) is 0.423. The van der Waals surface area contributed by atoms with Crippen LogP contribution in [0.1, 0.15) is 81.2 Å². The second-order valence-corrected chi connectivity index (χ2v) is 8.19. The molecule has 0 fully saturated rings. The molecule has 0 aromatic heterocycles. The van der Waals surface area contributed by atoms with E-state index in [9.17, 15) is 9.59 Å². The molecule has 0 saturated carbocycles. The van der Waals surface area contributed by atoms with Crippen LogP contribution >= 0.6 is 0 Å². The van der Waals surface area contributed by atoms with Gasteiger partial charge in [0.1, 0.15) is 11.4 Å². The highest BCUT2D eigenvalue weighted by atomic mass is 16.6. The van der Waals surface area contributed by atoms with Crippen molar-refractivity contribution in [3.05, 3.63) is 29.8 Å². The molecule has 0 saturated heterocycles. The summed E-state index contributed by atoms with van der Waals surface area (Å²) in [4.78, 5) is 24.0. The summed E-state index contributed by atoms with van der Waals surface area (Å²) in [5.41, 5.74) is -0.404. The van der Waals surface area contributed by atoms with Crippen molar-refractivity contribution < 1.29 is 19.1 Å². The monoisotopic (exact) mass is 378 g/mol. The van der Waals surface area contributed by atoms with Gasteiger partial charge in [0, 0.05) is 6.92 Å². The predicted molar refractivity (Wildman–Crippen MR) is 111 cm³/mol. The summed E-state index contributed by atoms with van der Waals surface area (Å²) in [5, 5.41) is 0. The summed E-state index contributed by atoms with van der Waals surface area (Å²) in [6.45, 7) is 19.3. The third-order valence-electron chi connectivity index (χ3n) is 4.73. The number of ether oxygens (including phenoxy) is 2. The smallest absolute Gasteiger partial charge is 0.317 e. The standard InChI is InChI=1S/C21H32O4.C2H6/c1-14(2)13-21(8,15(3)4)19(23)24-18-11-9-17(10-12-18)20(6,7)25-16(5)22;1-2/h9-12,14-15H,13H2,1-8H3;1-2H3. The maximum absolute atomic E-state index is 12.7. The first-order valence-electron chi connectivity index (χ1n) is 9.91. The Morgan fingerprint density at radius 1 is 0.963 bits per heavy atom. The number of esters is 2. The number of benzene rings is 1. The number of hydrogen-bond acceptors (Lipinski definition) is 4. The first kappa shape index (κ1) is 25.2. The lowest BCUT2D eigenvalue weighted by atomic mass is 9.73. The molecule has 1 unspecified atom stereocenters. The van der Waals surface area contributed by atoms with Crippen molar-refractivity contribution in [1.29, 1.82) is 0 Å². The molecule has 4 nitrogen and oxygen atoms in total. The fourth-order valence-corrected chi connectivity index (χ4v) is 2.97. The molecule has 0 bridgehead atoms. The van der Waals surface area contributed by atoms with E-state index < -0.39 is 11.0 Å². The van der Waals surface area contributed by atoms with E-state index in [4.69, 9.17) is 9.47 Å². The lowest BCUT2D eigenvalue weighted by molar-refractivity contribution is -0.154. The van der Waals surface area contributed by atoms with E-state index in [0.717, 1.165) is 12.0 Å². The number of carbonyl (C=O) groups is 2. The second kappa shape index (κ2) is 10.5. The number of carbonyl (C=O) groups excluding carboxylic acids is 2. The lowest BCUT2D eigenvalue weighted by Gasteiger charge is -2.32. The Morgan fingerprint density at radius 3 is 1.81 bits per heavy atom. The first-order valence-corrected chi connectivity index (χ1v) is 9.91. The highest BCUT2D eigenvalue weighted by Crippen LogP contribution is 2.36. The van der Waals surface area contributed by atoms with Gasteiger partial charge in [-0.1, -0.05) is 53.7 Å². The molecule has 1 atom stereocenters. The van der Waals surface area contributed by atoms with E-state index in [2.05, 4.69) is 13.8 Å². The van der Waals surface area contributed by atoms with Crippen LogP contribution in [-0.4, -0.2) is 11.9 Å². The molecule has 0 amide bonds. The average Bonchev–Trinajstić information content (AvgIpc) is 2.55. The Bertz CT molecular complexity index is 599. The molecule has 0 N–H and O–H groups in total. The van der Waals surface area contributed by atoms with E-state index in [1.807, 2.05) is 60.6 Å². The molecule has 1 aromatic carbocycles. The zero-order valence-corrected chi connectivity index (χ0v) is 18.8. The van der Waals surface area contributed by atoms with E-state index in [1.54, 1.807) is 12.1 Å². The molecule has 1 rings (SSSR count). The van der Waals surface area contributed by atoms with Gasteiger partial charge in [-0.2, -0.15) is 0 Å². The largest absolute Gasteiger partial charge is 0.455 e. The normalized spacial score (nSPS) is 13.5. The summed E-state index contributed by atoms with van der Waals surface area (Å²) in [6, 6.07) is 7.13. The third kappa shape index (κ3) is 7.36. The fourth-order valence-electron chi connectivity index (χ4n) is 2.97. The van der Waals surface area contributed by atoms with Crippen LogP contribution in [0.5, 0.6) is 5.75 Å². The van der Waals surface area contributed by atoms with Gasteiger partial charge in [-0.25, -0.2) is 0 Å². The maximum Gasteiger partial charge on any atom is 0.317 e. The molecule has 154 valence electrons. The van der Waals surface area contributed by atoms with Gasteiger partial charge in [-0.3, -0.25) is 9.59 Å². The minimum absolute atomic E-state index is 0.185. The predicted octanol–water partition coefficient (Wildman–Crippen LogP) is 6.12. The van der Waals surface area contributed by atoms with E-state index in [-0.39, 0.29) is 17.9 Å². The summed E-state index contributed by atoms with van der Waals surface area (Å²) >= 11 is 0. The van der Waals surface area contributed by atoms with Crippen molar-refractivity contribution in [3.8, 4) is 5.75 Å². The van der Waals surface area contributed by atoms with Crippen LogP contribution in [0.15, 0.2) is 24.3 Å². The van der Waals surface area contributed by atoms with Gasteiger partial charge in [-0.15, -0.1) is 0 Å². The molecular formula is C23H38O4. The van der Waals surface area contributed by atoms with Gasteiger partial charge in [-0.05, 0) is 56.7 Å². The molecule has 0 aliphatic rings. The van der Waals surface area contributed by atoms with Gasteiger partial charge in [0.15, 0.2) is 0 Å². The molecule has 0 aliphatic carbocycles. The molecule has 0 aliphatic heterocycles. The lowest BCUT2D eigenvalue weighted by Crippen LogP contribution is -2.38. The third-order valence-corrected chi connectivity index (χ3v) is 4.73. The van der Waals surface area contributed by atoms with Crippen LogP contribution in [-0.2, 0) is 19.9 Å². The van der Waals surface area contributed by atoms with Crippen molar-refractivity contribution >= 4 is 11.9 Å². The topological polar surface area (TPSA) is 52.6 Å². The van der Waals surface area contributed by atoms with Crippen molar-refractivity contribution in [3.63, 3.8) is 0 Å². The Kier molecular flexibility index (Phi) is 9.77. The zero-order valence-electron chi connectivity index (χ0n) is 18.8. The molecule has 1 aromatic rings. The van der Waals surface area contributed by atoms with Gasteiger partial charge in [0.2, 0.25) is 0 Å². The van der Waals surface area contributed by atoms with Crippen molar-refractivity contribution in [2.45, 2.75) is 81.3 Å². The van der Waals surface area contributed by atoms with E-state index >= 15 is 0 Å². The molecular weight excluding hydrogens is 340 g/mol. The SMILES string of the molecule is CC.CC(=O)OC(C)(C)c1ccc(OC(=O)C(C)(CC(C)C)C(C)C)cc1. The molecule has 4 heteroatoms. The summed E-state index contributed by atoms with van der Waals surface area (Å²) in [7, 11) is 0. The van der Waals surface area contributed by atoms with Gasteiger partial charge < -0.3 is 9.47 Å². The average molecular weight is 379 g/mol. The van der Waals surface area contributed by atoms with E-state index in [1.165, 1.54) is 6.92 Å². The molecule has 0 radical (unpaired) electrons. The maximum atomic E-state index is 12.7. The Labute approximate surface area is 165 Å². The number of rotatable bonds is 7. The Balaban J connectivity index is 0.00000326. The molecule has 0 spiro atoms. The van der Waals surface area contributed by atoms with Gasteiger partial charge >= 0.3 is 11.9 Å². The molecule has 0 heterocycles. The Hall–Kier alpha value is -1.84. The summed E-state index contributed by atoms with van der Waals surface area (Å²) in [6.07, 6.45) is 0.779. The van der Waals surface area contributed by atoms with Crippen LogP contribution in [0.3, 0.4) is 0 Å². The highest BCUT2D eigenvalue weighted by Gasteiger charge is 2.39. The fraction of sp³-hybridized carbons (Fsp3) is 0.652. The van der Waals surface area contributed by atoms with Crippen molar-refractivity contribution in [2.24, 2.45) is 17.3 Å². The van der Waals surface area contributed by atoms with Gasteiger partial charge in [0.05, 0.1) is 5.41 Å². The van der Waals surface area contributed by atoms with Crippen LogP contribution in [0.4, 0.5) is 0 Å². The van der Waals surface area contributed by atoms with Crippen molar-refractivity contribution in [1.82, 2.24) is 0 Å². The Morgan fingerprint density at radius 2 is 1.44 bits per heavy atom. The van der Waals surface area contributed by atoms with Crippen molar-refractivity contribution in [2.75, 3.05) is 0 Å². The first-order chi connectivity index (χ1) is 12.4. The summed E-state index contributed by atoms with van der Waals surface area (Å²) < 4.78 is 11.0. The summed E-state index contributed by atoms with van der Waals surface area (Å²) in [5.74, 6) is 0.560. The highest BCUT2D eigenvalue weighted by molar-refractivity contribution is 5.79. The number of hydrogen-bond donors (Lipinski definition) is 0. The van der Waals surface area contributed by atoms with Gasteiger partial charge in [0.25, 0.3) is 0 Å². The minimum Gasteiger partial charge on any atom is -0.455 e. The zero-order chi connectivity index (χ0) is 21.4. The molecule has 27 heavy (non-hydrogen) atoms. The van der Waals surface area contributed by atoms with E-state index in [0.29, 0.717) is 11.7 Å². The van der Waals surface area contributed by atoms with Crippen LogP contribution < -0.4 is 4.74 Å². The second-order valence-electron chi connectivity index (χ2n) is 8.19. The van der Waals surface area contributed by atoms with Crippen LogP contribution in [0.2, 0.25) is 0 Å². The van der Waals surface area contributed by atoms with Crippen LogP contribution in [0, 0.1) is 17.3 Å².